The Morgan fingerprint density at radius 1 is 1.43 bits per heavy atom. The van der Waals surface area contributed by atoms with Crippen molar-refractivity contribution in [3.8, 4) is 0 Å². The van der Waals surface area contributed by atoms with Crippen molar-refractivity contribution in [3.05, 3.63) is 45.4 Å². The maximum atomic E-state index is 12.7. The van der Waals surface area contributed by atoms with Gasteiger partial charge in [-0.3, -0.25) is 9.59 Å². The average Bonchev–Trinajstić information content (AvgIpc) is 3.13. The molecule has 5 nitrogen and oxygen atoms in total. The molecule has 0 bridgehead atoms. The monoisotopic (exact) mass is 349 g/mol. The Morgan fingerprint density at radius 3 is 2.83 bits per heavy atom. The number of aryl methyl sites for hydroxylation is 1. The van der Waals surface area contributed by atoms with Gasteiger partial charge in [0, 0.05) is 13.6 Å². The molecule has 2 aromatic rings. The Hall–Kier alpha value is -1.92. The third-order valence-electron chi connectivity index (χ3n) is 3.94. The molecule has 1 aliphatic heterocycles. The predicted molar refractivity (Wildman–Crippen MR) is 91.2 cm³/mol. The van der Waals surface area contributed by atoms with Crippen LogP contribution in [-0.4, -0.2) is 41.3 Å². The van der Waals surface area contributed by atoms with E-state index in [-0.39, 0.29) is 11.8 Å². The van der Waals surface area contributed by atoms with Crippen LogP contribution in [-0.2, 0) is 4.79 Å². The zero-order valence-electron chi connectivity index (χ0n) is 12.8. The average molecular weight is 350 g/mol. The standard InChI is InChI=1S/C16H16ClN3O2S/c1-10-18-9-14(23-10)16(22)19(2)13-7-8-20(15(13)21)12-6-4-3-5-11(12)17/h3-6,9,13H,7-8H2,1-2H3/t13-/m0/s1. The summed E-state index contributed by atoms with van der Waals surface area (Å²) in [6.07, 6.45) is 2.15. The minimum Gasteiger partial charge on any atom is -0.329 e. The molecular formula is C16H16ClN3O2S. The fraction of sp³-hybridized carbons (Fsp3) is 0.312. The number of thiazole rings is 1. The number of anilines is 1. The van der Waals surface area contributed by atoms with E-state index in [2.05, 4.69) is 4.98 Å². The number of halogens is 1. The van der Waals surface area contributed by atoms with Crippen LogP contribution in [0.2, 0.25) is 5.02 Å². The number of para-hydroxylation sites is 1. The number of carbonyl (C=O) groups is 2. The molecule has 1 fully saturated rings. The smallest absolute Gasteiger partial charge is 0.266 e. The second-order valence-electron chi connectivity index (χ2n) is 5.41. The van der Waals surface area contributed by atoms with E-state index >= 15 is 0 Å². The number of hydrogen-bond acceptors (Lipinski definition) is 4. The van der Waals surface area contributed by atoms with Gasteiger partial charge in [-0.1, -0.05) is 23.7 Å². The second kappa shape index (κ2) is 6.29. The van der Waals surface area contributed by atoms with Crippen LogP contribution in [0.4, 0.5) is 5.69 Å². The molecule has 1 atom stereocenters. The van der Waals surface area contributed by atoms with Gasteiger partial charge in [-0.15, -0.1) is 11.3 Å². The maximum absolute atomic E-state index is 12.7. The maximum Gasteiger partial charge on any atom is 0.266 e. The number of nitrogens with zero attached hydrogens (tertiary/aromatic N) is 3. The normalized spacial score (nSPS) is 17.6. The molecule has 0 unspecified atom stereocenters. The molecule has 0 N–H and O–H groups in total. The van der Waals surface area contributed by atoms with Gasteiger partial charge in [-0.2, -0.15) is 0 Å². The van der Waals surface area contributed by atoms with Crippen molar-refractivity contribution in [2.45, 2.75) is 19.4 Å². The van der Waals surface area contributed by atoms with E-state index in [1.807, 2.05) is 25.1 Å². The number of amides is 2. The first kappa shape index (κ1) is 16.0. The van der Waals surface area contributed by atoms with E-state index in [0.717, 1.165) is 5.01 Å². The lowest BCUT2D eigenvalue weighted by molar-refractivity contribution is -0.120. The van der Waals surface area contributed by atoms with Crippen molar-refractivity contribution in [3.63, 3.8) is 0 Å². The SMILES string of the molecule is Cc1ncc(C(=O)N(C)[C@H]2CCN(c3ccccc3Cl)C2=O)s1. The Bertz CT molecular complexity index is 761. The lowest BCUT2D eigenvalue weighted by atomic mass is 10.2. The lowest BCUT2D eigenvalue weighted by Crippen LogP contribution is -2.42. The summed E-state index contributed by atoms with van der Waals surface area (Å²) in [5.74, 6) is -0.273. The van der Waals surface area contributed by atoms with Gasteiger partial charge in [0.15, 0.2) is 0 Å². The molecule has 0 spiro atoms. The van der Waals surface area contributed by atoms with Gasteiger partial charge in [-0.05, 0) is 25.5 Å². The molecule has 3 rings (SSSR count). The lowest BCUT2D eigenvalue weighted by Gasteiger charge is -2.23. The van der Waals surface area contributed by atoms with Gasteiger partial charge < -0.3 is 9.80 Å². The molecule has 23 heavy (non-hydrogen) atoms. The summed E-state index contributed by atoms with van der Waals surface area (Å²) in [6.45, 7) is 2.40. The number of likely N-dealkylation sites (N-methyl/N-ethyl adjacent to an activating group) is 1. The molecule has 2 amide bonds. The van der Waals surface area contributed by atoms with Gasteiger partial charge in [0.25, 0.3) is 5.91 Å². The Kier molecular flexibility index (Phi) is 4.37. The second-order valence-corrected chi connectivity index (χ2v) is 7.05. The highest BCUT2D eigenvalue weighted by Crippen LogP contribution is 2.30. The summed E-state index contributed by atoms with van der Waals surface area (Å²) in [5.41, 5.74) is 0.691. The first-order valence-corrected chi connectivity index (χ1v) is 8.44. The molecule has 0 saturated carbocycles. The van der Waals surface area contributed by atoms with Crippen LogP contribution in [0.25, 0.3) is 0 Å². The minimum absolute atomic E-state index is 0.102. The molecule has 0 aliphatic carbocycles. The van der Waals surface area contributed by atoms with Gasteiger partial charge in [0.1, 0.15) is 10.9 Å². The predicted octanol–water partition coefficient (Wildman–Crippen LogP) is 2.98. The van der Waals surface area contributed by atoms with Crippen molar-refractivity contribution >= 4 is 40.4 Å². The van der Waals surface area contributed by atoms with E-state index in [4.69, 9.17) is 11.6 Å². The Morgan fingerprint density at radius 2 is 2.17 bits per heavy atom. The molecule has 1 saturated heterocycles. The van der Waals surface area contributed by atoms with Crippen LogP contribution in [0.5, 0.6) is 0 Å². The number of rotatable bonds is 3. The molecule has 0 radical (unpaired) electrons. The fourth-order valence-electron chi connectivity index (χ4n) is 2.71. The largest absolute Gasteiger partial charge is 0.329 e. The molecule has 2 heterocycles. The summed E-state index contributed by atoms with van der Waals surface area (Å²) in [6, 6.07) is 6.77. The van der Waals surface area contributed by atoms with Gasteiger partial charge in [0.2, 0.25) is 5.91 Å². The van der Waals surface area contributed by atoms with E-state index in [9.17, 15) is 9.59 Å². The van der Waals surface area contributed by atoms with Crippen LogP contribution in [0.15, 0.2) is 30.5 Å². The topological polar surface area (TPSA) is 53.5 Å². The van der Waals surface area contributed by atoms with Crippen molar-refractivity contribution in [2.75, 3.05) is 18.5 Å². The Labute approximate surface area is 143 Å². The van der Waals surface area contributed by atoms with Crippen LogP contribution < -0.4 is 4.90 Å². The fourth-order valence-corrected chi connectivity index (χ4v) is 3.71. The highest BCUT2D eigenvalue weighted by molar-refractivity contribution is 7.13. The molecule has 1 aromatic carbocycles. The number of benzene rings is 1. The van der Waals surface area contributed by atoms with E-state index in [1.165, 1.54) is 16.2 Å². The van der Waals surface area contributed by atoms with E-state index < -0.39 is 6.04 Å². The zero-order chi connectivity index (χ0) is 16.6. The van der Waals surface area contributed by atoms with E-state index in [1.54, 1.807) is 24.2 Å². The highest BCUT2D eigenvalue weighted by Gasteiger charge is 2.38. The van der Waals surface area contributed by atoms with Crippen LogP contribution in [0.3, 0.4) is 0 Å². The third kappa shape index (κ3) is 2.96. The van der Waals surface area contributed by atoms with Crippen LogP contribution >= 0.6 is 22.9 Å². The molecule has 120 valence electrons. The molecular weight excluding hydrogens is 334 g/mol. The van der Waals surface area contributed by atoms with Gasteiger partial charge in [0.05, 0.1) is 21.9 Å². The first-order chi connectivity index (χ1) is 11.0. The third-order valence-corrected chi connectivity index (χ3v) is 5.16. The van der Waals surface area contributed by atoms with E-state index in [0.29, 0.717) is 28.6 Å². The van der Waals surface area contributed by atoms with Crippen LogP contribution in [0.1, 0.15) is 21.1 Å². The summed E-state index contributed by atoms with van der Waals surface area (Å²) in [4.78, 5) is 33.0. The number of carbonyl (C=O) groups excluding carboxylic acids is 2. The van der Waals surface area contributed by atoms with Crippen LogP contribution in [0, 0.1) is 6.92 Å². The van der Waals surface area contributed by atoms with Crippen molar-refractivity contribution < 1.29 is 9.59 Å². The first-order valence-electron chi connectivity index (χ1n) is 7.24. The number of hydrogen-bond donors (Lipinski definition) is 0. The summed E-state index contributed by atoms with van der Waals surface area (Å²) < 4.78 is 0. The zero-order valence-corrected chi connectivity index (χ0v) is 14.4. The van der Waals surface area contributed by atoms with Crippen molar-refractivity contribution in [1.82, 2.24) is 9.88 Å². The van der Waals surface area contributed by atoms with Crippen molar-refractivity contribution in [1.29, 1.82) is 0 Å². The quantitative estimate of drug-likeness (QED) is 0.856. The van der Waals surface area contributed by atoms with Gasteiger partial charge in [-0.25, -0.2) is 4.98 Å². The van der Waals surface area contributed by atoms with Crippen molar-refractivity contribution in [2.24, 2.45) is 0 Å². The number of aromatic nitrogens is 1. The summed E-state index contributed by atoms with van der Waals surface area (Å²) in [5, 5.41) is 1.37. The minimum atomic E-state index is -0.471. The van der Waals surface area contributed by atoms with Gasteiger partial charge >= 0.3 is 0 Å². The molecule has 7 heteroatoms. The molecule has 1 aliphatic rings. The Balaban J connectivity index is 1.79. The highest BCUT2D eigenvalue weighted by atomic mass is 35.5. The molecule has 1 aromatic heterocycles. The summed E-state index contributed by atoms with van der Waals surface area (Å²) in [7, 11) is 1.66. The summed E-state index contributed by atoms with van der Waals surface area (Å²) >= 11 is 7.51.